The average Bonchev–Trinajstić information content (AvgIpc) is 2.65. The van der Waals surface area contributed by atoms with Gasteiger partial charge in [0, 0.05) is 37.4 Å². The Kier molecular flexibility index (Phi) is 10.7. The van der Waals surface area contributed by atoms with Gasteiger partial charge < -0.3 is 15.4 Å². The zero-order valence-electron chi connectivity index (χ0n) is 14.9. The number of methoxy groups -OCH3 is 1. The summed E-state index contributed by atoms with van der Waals surface area (Å²) in [5, 5.41) is 17.8. The number of nitrogens with one attached hydrogen (secondary N) is 2. The number of hydrogen-bond donors (Lipinski definition) is 2. The van der Waals surface area contributed by atoms with Crippen LogP contribution in [0.15, 0.2) is 53.5 Å². The third-order valence-electron chi connectivity index (χ3n) is 3.54. The van der Waals surface area contributed by atoms with Gasteiger partial charge in [0.05, 0.1) is 18.1 Å². The summed E-state index contributed by atoms with van der Waals surface area (Å²) in [6.07, 6.45) is 0. The van der Waals surface area contributed by atoms with Gasteiger partial charge in [-0.1, -0.05) is 35.9 Å². The van der Waals surface area contributed by atoms with E-state index in [2.05, 4.69) is 15.6 Å². The molecule has 2 N–H and O–H groups in total. The minimum absolute atomic E-state index is 0. The summed E-state index contributed by atoms with van der Waals surface area (Å²) in [4.78, 5) is 14.8. The number of nitrogens with zero attached hydrogens (tertiary/aromatic N) is 2. The molecule has 0 fully saturated rings. The van der Waals surface area contributed by atoms with Crippen LogP contribution in [0.4, 0.5) is 5.69 Å². The fourth-order valence-electron chi connectivity index (χ4n) is 2.13. The average molecular weight is 505 g/mol. The molecule has 0 unspecified atom stereocenters. The van der Waals surface area contributed by atoms with E-state index in [1.807, 2.05) is 24.3 Å². The van der Waals surface area contributed by atoms with Crippen LogP contribution >= 0.6 is 35.6 Å². The quantitative estimate of drug-likeness (QED) is 0.143. The fraction of sp³-hybridized carbons (Fsp3) is 0.278. The molecule has 0 aromatic heterocycles. The summed E-state index contributed by atoms with van der Waals surface area (Å²) in [7, 11) is 1.64. The Balaban J connectivity index is 0.00000364. The van der Waals surface area contributed by atoms with Crippen molar-refractivity contribution in [3.63, 3.8) is 0 Å². The van der Waals surface area contributed by atoms with E-state index in [0.717, 1.165) is 11.1 Å². The number of rotatable bonds is 8. The number of hydrogen-bond acceptors (Lipinski definition) is 4. The van der Waals surface area contributed by atoms with Crippen LogP contribution in [0.25, 0.3) is 0 Å². The number of nitro benzene ring substituents is 1. The monoisotopic (exact) mass is 504 g/mol. The van der Waals surface area contributed by atoms with E-state index >= 15 is 0 Å². The van der Waals surface area contributed by atoms with Crippen LogP contribution in [0.5, 0.6) is 0 Å². The zero-order valence-corrected chi connectivity index (χ0v) is 17.9. The maximum absolute atomic E-state index is 10.7. The second-order valence-corrected chi connectivity index (χ2v) is 5.92. The lowest BCUT2D eigenvalue weighted by Crippen LogP contribution is -2.38. The van der Waals surface area contributed by atoms with Crippen molar-refractivity contribution in [1.82, 2.24) is 10.6 Å². The van der Waals surface area contributed by atoms with Gasteiger partial charge in [0.2, 0.25) is 0 Å². The number of aliphatic imine (C=N–C) groups is 1. The van der Waals surface area contributed by atoms with Crippen molar-refractivity contribution in [1.29, 1.82) is 0 Å². The smallest absolute Gasteiger partial charge is 0.269 e. The van der Waals surface area contributed by atoms with Crippen LogP contribution in [0.2, 0.25) is 5.02 Å². The van der Waals surface area contributed by atoms with Gasteiger partial charge in [0.15, 0.2) is 5.96 Å². The lowest BCUT2D eigenvalue weighted by Gasteiger charge is -2.12. The highest BCUT2D eigenvalue weighted by atomic mass is 127. The first kappa shape index (κ1) is 23.1. The molecular formula is C18H22ClIN4O3. The zero-order chi connectivity index (χ0) is 18.8. The Bertz CT molecular complexity index is 739. The molecule has 27 heavy (non-hydrogen) atoms. The SMILES string of the molecule is COCCNC(=NCc1ccc(Cl)cc1)NCc1ccc([N+](=O)[O-])cc1.I. The number of ether oxygens (including phenoxy) is 1. The first-order valence-electron chi connectivity index (χ1n) is 8.07. The third-order valence-corrected chi connectivity index (χ3v) is 3.79. The van der Waals surface area contributed by atoms with Crippen LogP contribution in [-0.4, -0.2) is 31.1 Å². The number of halogens is 2. The normalized spacial score (nSPS) is 10.8. The molecule has 9 heteroatoms. The number of benzene rings is 2. The molecular weight excluding hydrogens is 483 g/mol. The molecule has 2 aromatic carbocycles. The topological polar surface area (TPSA) is 88.8 Å². The van der Waals surface area contributed by atoms with Gasteiger partial charge in [-0.3, -0.25) is 10.1 Å². The van der Waals surface area contributed by atoms with Gasteiger partial charge in [-0.25, -0.2) is 4.99 Å². The van der Waals surface area contributed by atoms with Gasteiger partial charge in [0.25, 0.3) is 5.69 Å². The number of guanidine groups is 1. The van der Waals surface area contributed by atoms with Crippen LogP contribution in [-0.2, 0) is 17.8 Å². The van der Waals surface area contributed by atoms with Crippen molar-refractivity contribution in [3.8, 4) is 0 Å². The van der Waals surface area contributed by atoms with E-state index in [9.17, 15) is 10.1 Å². The molecule has 0 amide bonds. The molecule has 2 aromatic rings. The van der Waals surface area contributed by atoms with Gasteiger partial charge in [0.1, 0.15) is 0 Å². The number of non-ortho nitro benzene ring substituents is 1. The summed E-state index contributed by atoms with van der Waals surface area (Å²) < 4.78 is 5.04. The van der Waals surface area contributed by atoms with Crippen molar-refractivity contribution in [2.24, 2.45) is 4.99 Å². The first-order valence-corrected chi connectivity index (χ1v) is 8.45. The van der Waals surface area contributed by atoms with Gasteiger partial charge >= 0.3 is 0 Å². The molecule has 0 aliphatic rings. The Morgan fingerprint density at radius 1 is 1.11 bits per heavy atom. The Hall–Kier alpha value is -1.91. The molecule has 0 aliphatic heterocycles. The second kappa shape index (κ2) is 12.5. The van der Waals surface area contributed by atoms with Crippen molar-refractivity contribution in [3.05, 3.63) is 74.8 Å². The van der Waals surface area contributed by atoms with E-state index in [1.165, 1.54) is 12.1 Å². The molecule has 0 aliphatic carbocycles. The van der Waals surface area contributed by atoms with Crippen LogP contribution in [0.1, 0.15) is 11.1 Å². The molecule has 0 spiro atoms. The van der Waals surface area contributed by atoms with Gasteiger partial charge in [-0.05, 0) is 23.3 Å². The highest BCUT2D eigenvalue weighted by Gasteiger charge is 2.05. The molecule has 0 radical (unpaired) electrons. The molecule has 0 saturated heterocycles. The van der Waals surface area contributed by atoms with Crippen LogP contribution in [0, 0.1) is 10.1 Å². The minimum atomic E-state index is -0.414. The second-order valence-electron chi connectivity index (χ2n) is 5.49. The molecule has 0 atom stereocenters. The summed E-state index contributed by atoms with van der Waals surface area (Å²) in [6, 6.07) is 13.9. The standard InChI is InChI=1S/C18H21ClN4O3.HI/c1-26-11-10-20-18(21-12-14-2-6-16(19)7-3-14)22-13-15-4-8-17(9-5-15)23(24)25;/h2-9H,10-13H2,1H3,(H2,20,21,22);1H. The number of nitro groups is 1. The first-order chi connectivity index (χ1) is 12.6. The predicted molar refractivity (Wildman–Crippen MR) is 118 cm³/mol. The summed E-state index contributed by atoms with van der Waals surface area (Å²) in [6.45, 7) is 2.17. The highest BCUT2D eigenvalue weighted by Crippen LogP contribution is 2.12. The molecule has 146 valence electrons. The highest BCUT2D eigenvalue weighted by molar-refractivity contribution is 14.0. The minimum Gasteiger partial charge on any atom is -0.383 e. The summed E-state index contributed by atoms with van der Waals surface area (Å²) in [5.74, 6) is 0.635. The summed E-state index contributed by atoms with van der Waals surface area (Å²) in [5.41, 5.74) is 2.03. The van der Waals surface area contributed by atoms with Crippen molar-refractivity contribution in [2.75, 3.05) is 20.3 Å². The molecule has 0 heterocycles. The van der Waals surface area contributed by atoms with Crippen molar-refractivity contribution < 1.29 is 9.66 Å². The van der Waals surface area contributed by atoms with Crippen LogP contribution < -0.4 is 10.6 Å². The lowest BCUT2D eigenvalue weighted by molar-refractivity contribution is -0.384. The molecule has 7 nitrogen and oxygen atoms in total. The van der Waals surface area contributed by atoms with E-state index in [4.69, 9.17) is 16.3 Å². The largest absolute Gasteiger partial charge is 0.383 e. The van der Waals surface area contributed by atoms with E-state index in [0.29, 0.717) is 37.2 Å². The Labute approximate surface area is 180 Å². The van der Waals surface area contributed by atoms with E-state index in [1.54, 1.807) is 19.2 Å². The Morgan fingerprint density at radius 3 is 2.33 bits per heavy atom. The molecule has 0 saturated carbocycles. The van der Waals surface area contributed by atoms with Gasteiger partial charge in [-0.2, -0.15) is 0 Å². The maximum Gasteiger partial charge on any atom is 0.269 e. The third kappa shape index (κ3) is 8.55. The van der Waals surface area contributed by atoms with E-state index in [-0.39, 0.29) is 29.7 Å². The van der Waals surface area contributed by atoms with E-state index < -0.39 is 4.92 Å². The lowest BCUT2D eigenvalue weighted by atomic mass is 10.2. The predicted octanol–water partition coefficient (Wildman–Crippen LogP) is 3.75. The Morgan fingerprint density at radius 2 is 1.74 bits per heavy atom. The molecule has 2 rings (SSSR count). The summed E-state index contributed by atoms with van der Waals surface area (Å²) >= 11 is 5.89. The maximum atomic E-state index is 10.7. The van der Waals surface area contributed by atoms with Crippen molar-refractivity contribution >= 4 is 47.2 Å². The van der Waals surface area contributed by atoms with Crippen molar-refractivity contribution in [2.45, 2.75) is 13.1 Å². The van der Waals surface area contributed by atoms with Gasteiger partial charge in [-0.15, -0.1) is 24.0 Å². The fourth-order valence-corrected chi connectivity index (χ4v) is 2.25. The van der Waals surface area contributed by atoms with Crippen LogP contribution in [0.3, 0.4) is 0 Å². The molecule has 0 bridgehead atoms.